The molecule has 1 atom stereocenters. The van der Waals surface area contributed by atoms with Gasteiger partial charge in [0.05, 0.1) is 5.56 Å². The van der Waals surface area contributed by atoms with Gasteiger partial charge in [0.15, 0.2) is 0 Å². The number of carboxylic acids is 1. The summed E-state index contributed by atoms with van der Waals surface area (Å²) in [5, 5.41) is 11.7. The van der Waals surface area contributed by atoms with E-state index in [4.69, 9.17) is 10.8 Å². The molecule has 19 heavy (non-hydrogen) atoms. The number of carbonyl (C=O) groups is 2. The molecule has 1 amide bonds. The maximum absolute atomic E-state index is 12.1. The zero-order valence-corrected chi connectivity index (χ0v) is 12.6. The minimum Gasteiger partial charge on any atom is -0.480 e. The molecule has 104 valence electrons. The molecule has 0 heterocycles. The zero-order chi connectivity index (χ0) is 14.8. The summed E-state index contributed by atoms with van der Waals surface area (Å²) in [6.45, 7) is 5.24. The molecule has 1 aromatic carbocycles. The van der Waals surface area contributed by atoms with Gasteiger partial charge in [-0.3, -0.25) is 4.79 Å². The standard InChI is InChI=1S/C13H17BrN2O3/c1-13(2,3)10(12(18)19)16-11(17)8-5-4-7(14)6-9(8)15/h4-6,10H,15H2,1-3H3,(H,16,17)(H,18,19)/t10-/m0/s1. The van der Waals surface area contributed by atoms with Crippen molar-refractivity contribution in [2.75, 3.05) is 5.73 Å². The van der Waals surface area contributed by atoms with Gasteiger partial charge in [0.25, 0.3) is 5.91 Å². The Hall–Kier alpha value is -1.56. The molecule has 0 radical (unpaired) electrons. The molecular formula is C13H17BrN2O3. The largest absolute Gasteiger partial charge is 0.480 e. The van der Waals surface area contributed by atoms with Gasteiger partial charge in [-0.05, 0) is 23.6 Å². The number of carboxylic acid groups (broad SMARTS) is 1. The van der Waals surface area contributed by atoms with Crippen molar-refractivity contribution >= 4 is 33.5 Å². The molecule has 1 aromatic rings. The quantitative estimate of drug-likeness (QED) is 0.742. The Balaban J connectivity index is 2.98. The second-order valence-corrected chi connectivity index (χ2v) is 6.26. The van der Waals surface area contributed by atoms with Crippen LogP contribution in [0.4, 0.5) is 5.69 Å². The number of amides is 1. The van der Waals surface area contributed by atoms with Crippen molar-refractivity contribution in [1.82, 2.24) is 5.32 Å². The fraction of sp³-hybridized carbons (Fsp3) is 0.385. The highest BCUT2D eigenvalue weighted by Gasteiger charge is 2.33. The molecule has 0 saturated carbocycles. The molecule has 0 spiro atoms. The maximum atomic E-state index is 12.1. The lowest BCUT2D eigenvalue weighted by atomic mass is 9.86. The molecule has 0 fully saturated rings. The van der Waals surface area contributed by atoms with Crippen LogP contribution in [0.2, 0.25) is 0 Å². The zero-order valence-electron chi connectivity index (χ0n) is 11.0. The minimum atomic E-state index is -1.07. The van der Waals surface area contributed by atoms with Crippen LogP contribution in [0, 0.1) is 5.41 Å². The molecule has 0 unspecified atom stereocenters. The molecule has 0 saturated heterocycles. The number of nitrogen functional groups attached to an aromatic ring is 1. The van der Waals surface area contributed by atoms with Crippen molar-refractivity contribution in [3.05, 3.63) is 28.2 Å². The summed E-state index contributed by atoms with van der Waals surface area (Å²) < 4.78 is 0.757. The van der Waals surface area contributed by atoms with Gasteiger partial charge in [-0.1, -0.05) is 36.7 Å². The van der Waals surface area contributed by atoms with Gasteiger partial charge < -0.3 is 16.2 Å². The lowest BCUT2D eigenvalue weighted by Gasteiger charge is -2.27. The molecule has 5 nitrogen and oxygen atoms in total. The van der Waals surface area contributed by atoms with Crippen LogP contribution in [0.25, 0.3) is 0 Å². The van der Waals surface area contributed by atoms with Crippen molar-refractivity contribution in [3.63, 3.8) is 0 Å². The van der Waals surface area contributed by atoms with Gasteiger partial charge in [-0.25, -0.2) is 4.79 Å². The Morgan fingerprint density at radius 2 is 1.95 bits per heavy atom. The third-order valence-electron chi connectivity index (χ3n) is 2.65. The highest BCUT2D eigenvalue weighted by Crippen LogP contribution is 2.22. The molecule has 0 aliphatic carbocycles. The van der Waals surface area contributed by atoms with Crippen LogP contribution in [-0.4, -0.2) is 23.0 Å². The smallest absolute Gasteiger partial charge is 0.326 e. The first-order valence-electron chi connectivity index (χ1n) is 5.71. The second kappa shape index (κ2) is 5.61. The first-order valence-corrected chi connectivity index (χ1v) is 6.51. The van der Waals surface area contributed by atoms with Crippen molar-refractivity contribution in [2.45, 2.75) is 26.8 Å². The van der Waals surface area contributed by atoms with Crippen LogP contribution in [-0.2, 0) is 4.79 Å². The summed E-state index contributed by atoms with van der Waals surface area (Å²) in [4.78, 5) is 23.3. The maximum Gasteiger partial charge on any atom is 0.326 e. The molecule has 0 aliphatic rings. The van der Waals surface area contributed by atoms with Crippen molar-refractivity contribution < 1.29 is 14.7 Å². The molecule has 0 aliphatic heterocycles. The predicted octanol–water partition coefficient (Wildman–Crippen LogP) is 2.26. The molecule has 4 N–H and O–H groups in total. The van der Waals surface area contributed by atoms with E-state index in [0.29, 0.717) is 5.69 Å². The van der Waals surface area contributed by atoms with E-state index in [0.717, 1.165) is 4.47 Å². The van der Waals surface area contributed by atoms with E-state index in [1.165, 1.54) is 0 Å². The average molecular weight is 329 g/mol. The van der Waals surface area contributed by atoms with E-state index in [1.807, 2.05) is 0 Å². The highest BCUT2D eigenvalue weighted by atomic mass is 79.9. The number of benzene rings is 1. The monoisotopic (exact) mass is 328 g/mol. The topological polar surface area (TPSA) is 92.4 Å². The van der Waals surface area contributed by atoms with Crippen LogP contribution in [0.3, 0.4) is 0 Å². The lowest BCUT2D eigenvalue weighted by Crippen LogP contribution is -2.49. The van der Waals surface area contributed by atoms with E-state index >= 15 is 0 Å². The first-order chi connectivity index (χ1) is 8.62. The van der Waals surface area contributed by atoms with Crippen LogP contribution in [0.15, 0.2) is 22.7 Å². The Labute approximate surface area is 120 Å². The van der Waals surface area contributed by atoms with Gasteiger partial charge in [0.2, 0.25) is 0 Å². The number of aliphatic carboxylic acids is 1. The van der Waals surface area contributed by atoms with E-state index < -0.39 is 23.3 Å². The summed E-state index contributed by atoms with van der Waals surface area (Å²) in [5.74, 6) is -1.57. The molecule has 0 aromatic heterocycles. The van der Waals surface area contributed by atoms with E-state index in [2.05, 4.69) is 21.2 Å². The predicted molar refractivity (Wildman–Crippen MR) is 76.9 cm³/mol. The Morgan fingerprint density at radius 3 is 2.37 bits per heavy atom. The van der Waals surface area contributed by atoms with Gasteiger partial charge in [0.1, 0.15) is 6.04 Å². The summed E-state index contributed by atoms with van der Waals surface area (Å²) >= 11 is 3.25. The Bertz CT molecular complexity index is 509. The summed E-state index contributed by atoms with van der Waals surface area (Å²) in [5.41, 5.74) is 5.71. The number of anilines is 1. The number of nitrogens with one attached hydrogen (secondary N) is 1. The van der Waals surface area contributed by atoms with Crippen molar-refractivity contribution in [2.24, 2.45) is 5.41 Å². The fourth-order valence-corrected chi connectivity index (χ4v) is 1.98. The van der Waals surface area contributed by atoms with E-state index in [1.54, 1.807) is 39.0 Å². The highest BCUT2D eigenvalue weighted by molar-refractivity contribution is 9.10. The molecular weight excluding hydrogens is 312 g/mol. The van der Waals surface area contributed by atoms with Crippen molar-refractivity contribution in [1.29, 1.82) is 0 Å². The number of halogens is 1. The number of hydrogen-bond acceptors (Lipinski definition) is 3. The first kappa shape index (κ1) is 15.5. The van der Waals surface area contributed by atoms with Crippen LogP contribution < -0.4 is 11.1 Å². The van der Waals surface area contributed by atoms with Gasteiger partial charge in [-0.15, -0.1) is 0 Å². The van der Waals surface area contributed by atoms with Gasteiger partial charge >= 0.3 is 5.97 Å². The molecule has 1 rings (SSSR count). The number of rotatable bonds is 3. The summed E-state index contributed by atoms with van der Waals surface area (Å²) in [6.07, 6.45) is 0. The molecule has 6 heteroatoms. The van der Waals surface area contributed by atoms with Crippen LogP contribution in [0.5, 0.6) is 0 Å². The minimum absolute atomic E-state index is 0.263. The SMILES string of the molecule is CC(C)(C)[C@@H](NC(=O)c1ccc(Br)cc1N)C(=O)O. The van der Waals surface area contributed by atoms with E-state index in [9.17, 15) is 9.59 Å². The number of hydrogen-bond donors (Lipinski definition) is 3. The summed E-state index contributed by atoms with van der Waals surface area (Å²) in [7, 11) is 0. The summed E-state index contributed by atoms with van der Waals surface area (Å²) in [6, 6.07) is 3.85. The molecule has 0 bridgehead atoms. The second-order valence-electron chi connectivity index (χ2n) is 5.34. The number of carbonyl (C=O) groups excluding carboxylic acids is 1. The lowest BCUT2D eigenvalue weighted by molar-refractivity contribution is -0.142. The van der Waals surface area contributed by atoms with E-state index in [-0.39, 0.29) is 5.56 Å². The van der Waals surface area contributed by atoms with Crippen LogP contribution in [0.1, 0.15) is 31.1 Å². The normalized spacial score (nSPS) is 12.8. The Morgan fingerprint density at radius 1 is 1.37 bits per heavy atom. The number of nitrogens with two attached hydrogens (primary N) is 1. The average Bonchev–Trinajstić information content (AvgIpc) is 2.23. The van der Waals surface area contributed by atoms with Crippen molar-refractivity contribution in [3.8, 4) is 0 Å². The third kappa shape index (κ3) is 3.96. The fourth-order valence-electron chi connectivity index (χ4n) is 1.60. The van der Waals surface area contributed by atoms with Crippen LogP contribution >= 0.6 is 15.9 Å². The third-order valence-corrected chi connectivity index (χ3v) is 3.14. The van der Waals surface area contributed by atoms with Gasteiger partial charge in [0, 0.05) is 10.2 Å². The Kier molecular flexibility index (Phi) is 4.57. The van der Waals surface area contributed by atoms with Gasteiger partial charge in [-0.2, -0.15) is 0 Å².